The highest BCUT2D eigenvalue weighted by Crippen LogP contribution is 2.32. The van der Waals surface area contributed by atoms with Crippen molar-refractivity contribution in [3.8, 4) is 11.5 Å². The maximum absolute atomic E-state index is 11.7. The van der Waals surface area contributed by atoms with Gasteiger partial charge in [0.2, 0.25) is 12.7 Å². The van der Waals surface area contributed by atoms with Crippen molar-refractivity contribution in [2.45, 2.75) is 19.5 Å². The van der Waals surface area contributed by atoms with Crippen molar-refractivity contribution in [1.29, 1.82) is 0 Å². The smallest absolute Gasteiger partial charge is 0.318 e. The van der Waals surface area contributed by atoms with Crippen LogP contribution in [0.4, 0.5) is 4.79 Å². The predicted molar refractivity (Wildman–Crippen MR) is 71.2 cm³/mol. The van der Waals surface area contributed by atoms with E-state index in [9.17, 15) is 9.59 Å². The van der Waals surface area contributed by atoms with Gasteiger partial charge in [-0.2, -0.15) is 0 Å². The summed E-state index contributed by atoms with van der Waals surface area (Å²) in [6.07, 6.45) is 0. The zero-order chi connectivity index (χ0) is 14.7. The fourth-order valence-electron chi connectivity index (χ4n) is 1.89. The lowest BCUT2D eigenvalue weighted by Gasteiger charge is -2.23. The summed E-state index contributed by atoms with van der Waals surface area (Å²) in [6.45, 7) is 2.46. The van der Waals surface area contributed by atoms with Gasteiger partial charge in [0, 0.05) is 6.54 Å². The summed E-state index contributed by atoms with van der Waals surface area (Å²) in [6, 6.07) is 4.28. The van der Waals surface area contributed by atoms with E-state index in [1.807, 2.05) is 18.2 Å². The Morgan fingerprint density at radius 1 is 1.40 bits per heavy atom. The molecular formula is C13H17N3O4. The van der Waals surface area contributed by atoms with Crippen LogP contribution >= 0.6 is 0 Å². The Kier molecular flexibility index (Phi) is 4.09. The standard InChI is InChI=1S/C13H17N3O4/c1-8(12(17)15-13(14)18)16(2)6-9-3-4-10-11(5-9)20-7-19-10/h3-5,8H,6-7H2,1-2H3,(H3,14,15,17,18)/t8-/m0/s1. The summed E-state index contributed by atoms with van der Waals surface area (Å²) in [7, 11) is 1.79. The number of nitrogens with one attached hydrogen (secondary N) is 1. The number of likely N-dealkylation sites (N-methyl/N-ethyl adjacent to an activating group) is 1. The van der Waals surface area contributed by atoms with Gasteiger partial charge in [-0.3, -0.25) is 15.0 Å². The highest BCUT2D eigenvalue weighted by atomic mass is 16.7. The van der Waals surface area contributed by atoms with Crippen molar-refractivity contribution in [1.82, 2.24) is 10.2 Å². The second-order valence-corrected chi connectivity index (χ2v) is 4.63. The molecule has 0 spiro atoms. The van der Waals surface area contributed by atoms with Crippen molar-refractivity contribution in [2.75, 3.05) is 13.8 Å². The van der Waals surface area contributed by atoms with Crippen LogP contribution in [0.2, 0.25) is 0 Å². The molecule has 7 heteroatoms. The van der Waals surface area contributed by atoms with Crippen molar-refractivity contribution < 1.29 is 19.1 Å². The van der Waals surface area contributed by atoms with Crippen molar-refractivity contribution in [3.05, 3.63) is 23.8 Å². The molecule has 0 fully saturated rings. The van der Waals surface area contributed by atoms with E-state index in [0.29, 0.717) is 12.3 Å². The van der Waals surface area contributed by atoms with Gasteiger partial charge in [0.25, 0.3) is 0 Å². The number of carbonyl (C=O) groups is 2. The topological polar surface area (TPSA) is 93.9 Å². The SMILES string of the molecule is C[C@@H](C(=O)NC(N)=O)N(C)Cc1ccc2c(c1)OCO2. The quantitative estimate of drug-likeness (QED) is 0.833. The summed E-state index contributed by atoms with van der Waals surface area (Å²) in [5, 5.41) is 2.06. The molecule has 0 aliphatic carbocycles. The largest absolute Gasteiger partial charge is 0.454 e. The van der Waals surface area contributed by atoms with Crippen LogP contribution in [0.25, 0.3) is 0 Å². The van der Waals surface area contributed by atoms with Gasteiger partial charge in [-0.05, 0) is 31.7 Å². The van der Waals surface area contributed by atoms with Crippen LogP contribution in [0.15, 0.2) is 18.2 Å². The third-order valence-electron chi connectivity index (χ3n) is 3.16. The summed E-state index contributed by atoms with van der Waals surface area (Å²) in [5.41, 5.74) is 5.91. The lowest BCUT2D eigenvalue weighted by atomic mass is 10.1. The van der Waals surface area contributed by atoms with Gasteiger partial charge in [-0.1, -0.05) is 6.07 Å². The summed E-state index contributed by atoms with van der Waals surface area (Å²) in [4.78, 5) is 24.1. The number of nitrogens with two attached hydrogens (primary N) is 1. The minimum absolute atomic E-state index is 0.228. The van der Waals surface area contributed by atoms with E-state index >= 15 is 0 Å². The van der Waals surface area contributed by atoms with E-state index in [4.69, 9.17) is 15.2 Å². The Morgan fingerprint density at radius 2 is 2.10 bits per heavy atom. The molecule has 0 unspecified atom stereocenters. The van der Waals surface area contributed by atoms with Gasteiger partial charge in [0.15, 0.2) is 11.5 Å². The summed E-state index contributed by atoms with van der Waals surface area (Å²) < 4.78 is 10.5. The summed E-state index contributed by atoms with van der Waals surface area (Å²) in [5.74, 6) is 0.988. The van der Waals surface area contributed by atoms with E-state index in [1.54, 1.807) is 18.9 Å². The molecule has 20 heavy (non-hydrogen) atoms. The Labute approximate surface area is 116 Å². The molecule has 1 atom stereocenters. The minimum atomic E-state index is -0.849. The molecule has 0 saturated heterocycles. The van der Waals surface area contributed by atoms with Gasteiger partial charge in [-0.25, -0.2) is 4.79 Å². The number of benzene rings is 1. The fourth-order valence-corrected chi connectivity index (χ4v) is 1.89. The number of amides is 3. The monoisotopic (exact) mass is 279 g/mol. The normalized spacial score (nSPS) is 14.2. The van der Waals surface area contributed by atoms with Gasteiger partial charge in [0.1, 0.15) is 0 Å². The molecule has 108 valence electrons. The van der Waals surface area contributed by atoms with Crippen LogP contribution in [-0.4, -0.2) is 36.7 Å². The zero-order valence-corrected chi connectivity index (χ0v) is 11.4. The van der Waals surface area contributed by atoms with E-state index < -0.39 is 18.0 Å². The van der Waals surface area contributed by atoms with Crippen LogP contribution in [0.3, 0.4) is 0 Å². The number of rotatable bonds is 4. The second-order valence-electron chi connectivity index (χ2n) is 4.63. The van der Waals surface area contributed by atoms with Crippen LogP contribution in [0, 0.1) is 0 Å². The van der Waals surface area contributed by atoms with E-state index in [1.165, 1.54) is 0 Å². The molecule has 0 bridgehead atoms. The second kappa shape index (κ2) is 5.79. The maximum Gasteiger partial charge on any atom is 0.318 e. The van der Waals surface area contributed by atoms with E-state index in [-0.39, 0.29) is 6.79 Å². The molecule has 1 heterocycles. The van der Waals surface area contributed by atoms with Gasteiger partial charge >= 0.3 is 6.03 Å². The van der Waals surface area contributed by atoms with Crippen molar-refractivity contribution in [3.63, 3.8) is 0 Å². The first kappa shape index (κ1) is 14.1. The van der Waals surface area contributed by atoms with Gasteiger partial charge < -0.3 is 15.2 Å². The van der Waals surface area contributed by atoms with E-state index in [0.717, 1.165) is 11.3 Å². The Balaban J connectivity index is 1.98. The number of urea groups is 1. The number of carbonyl (C=O) groups excluding carboxylic acids is 2. The molecule has 0 aromatic heterocycles. The highest BCUT2D eigenvalue weighted by molar-refractivity contribution is 5.96. The number of fused-ring (bicyclic) bond motifs is 1. The zero-order valence-electron chi connectivity index (χ0n) is 11.4. The Bertz CT molecular complexity index is 532. The molecule has 1 aliphatic rings. The molecular weight excluding hydrogens is 262 g/mol. The molecule has 7 nitrogen and oxygen atoms in total. The minimum Gasteiger partial charge on any atom is -0.454 e. The van der Waals surface area contributed by atoms with Crippen molar-refractivity contribution >= 4 is 11.9 Å². The number of hydrogen-bond donors (Lipinski definition) is 2. The lowest BCUT2D eigenvalue weighted by molar-refractivity contribution is -0.124. The highest BCUT2D eigenvalue weighted by Gasteiger charge is 2.20. The van der Waals surface area contributed by atoms with Gasteiger partial charge in [0.05, 0.1) is 6.04 Å². The average molecular weight is 279 g/mol. The van der Waals surface area contributed by atoms with Crippen LogP contribution in [0.5, 0.6) is 11.5 Å². The molecule has 1 aromatic rings. The van der Waals surface area contributed by atoms with Crippen LogP contribution in [-0.2, 0) is 11.3 Å². The molecule has 0 radical (unpaired) electrons. The molecule has 0 saturated carbocycles. The van der Waals surface area contributed by atoms with Crippen molar-refractivity contribution in [2.24, 2.45) is 5.73 Å². The Morgan fingerprint density at radius 3 is 2.80 bits per heavy atom. The molecule has 1 aliphatic heterocycles. The number of primary amides is 1. The number of nitrogens with zero attached hydrogens (tertiary/aromatic N) is 1. The molecule has 2 rings (SSSR count). The third-order valence-corrected chi connectivity index (χ3v) is 3.16. The van der Waals surface area contributed by atoms with E-state index in [2.05, 4.69) is 5.32 Å². The van der Waals surface area contributed by atoms with Crippen LogP contribution < -0.4 is 20.5 Å². The maximum atomic E-state index is 11.7. The number of imide groups is 1. The van der Waals surface area contributed by atoms with Gasteiger partial charge in [-0.15, -0.1) is 0 Å². The summed E-state index contributed by atoms with van der Waals surface area (Å²) >= 11 is 0. The number of hydrogen-bond acceptors (Lipinski definition) is 5. The Hall–Kier alpha value is -2.28. The average Bonchev–Trinajstić information content (AvgIpc) is 2.84. The third kappa shape index (κ3) is 3.18. The molecule has 3 amide bonds. The van der Waals surface area contributed by atoms with Crippen LogP contribution in [0.1, 0.15) is 12.5 Å². The number of ether oxygens (including phenoxy) is 2. The first-order valence-corrected chi connectivity index (χ1v) is 6.16. The first-order chi connectivity index (χ1) is 9.47. The molecule has 3 N–H and O–H groups in total. The fraction of sp³-hybridized carbons (Fsp3) is 0.385. The first-order valence-electron chi connectivity index (χ1n) is 6.16. The lowest BCUT2D eigenvalue weighted by Crippen LogP contribution is -2.46. The molecule has 1 aromatic carbocycles. The predicted octanol–water partition coefficient (Wildman–Crippen LogP) is 0.430.